The second-order valence-electron chi connectivity index (χ2n) is 6.95. The van der Waals surface area contributed by atoms with E-state index >= 15 is 0 Å². The third-order valence-electron chi connectivity index (χ3n) is 5.87. The second-order valence-corrected chi connectivity index (χ2v) is 6.95. The summed E-state index contributed by atoms with van der Waals surface area (Å²) < 4.78 is 11.4. The number of hydrogen-bond donors (Lipinski definition) is 1. The Bertz CT molecular complexity index is 470. The van der Waals surface area contributed by atoms with Crippen LogP contribution in [0.2, 0.25) is 0 Å². The van der Waals surface area contributed by atoms with Gasteiger partial charge in [0.25, 0.3) is 0 Å². The number of hydrogen-bond acceptors (Lipinski definition) is 6. The van der Waals surface area contributed by atoms with E-state index in [1.165, 1.54) is 0 Å². The molecule has 0 aromatic carbocycles. The van der Waals surface area contributed by atoms with Crippen molar-refractivity contribution in [3.05, 3.63) is 0 Å². The molecule has 1 aliphatic carbocycles. The zero-order valence-electron chi connectivity index (χ0n) is 11.9. The van der Waals surface area contributed by atoms with Crippen LogP contribution in [0, 0.1) is 11.8 Å². The normalized spacial score (nSPS) is 57.8. The van der Waals surface area contributed by atoms with Crippen molar-refractivity contribution in [2.75, 3.05) is 0 Å². The van der Waals surface area contributed by atoms with Crippen molar-refractivity contribution >= 4 is 5.97 Å². The fourth-order valence-corrected chi connectivity index (χ4v) is 4.49. The van der Waals surface area contributed by atoms with Gasteiger partial charge in [-0.2, -0.15) is 0 Å². The van der Waals surface area contributed by atoms with E-state index in [-0.39, 0.29) is 17.8 Å². The Morgan fingerprint density at radius 2 is 2.05 bits per heavy atom. The molecule has 5 rings (SSSR count). The average Bonchev–Trinajstić information content (AvgIpc) is 2.57. The number of rotatable bonds is 0. The molecule has 0 aromatic heterocycles. The lowest BCUT2D eigenvalue weighted by molar-refractivity contribution is -0.558. The lowest BCUT2D eigenvalue weighted by atomic mass is 9.56. The third kappa shape index (κ3) is 1.35. The molecule has 0 radical (unpaired) electrons. The van der Waals surface area contributed by atoms with Gasteiger partial charge in [0.1, 0.15) is 0 Å². The van der Waals surface area contributed by atoms with Crippen molar-refractivity contribution in [3.63, 3.8) is 0 Å². The summed E-state index contributed by atoms with van der Waals surface area (Å²) in [6, 6.07) is 0. The van der Waals surface area contributed by atoms with Crippen molar-refractivity contribution < 1.29 is 24.0 Å². The second kappa shape index (κ2) is 3.74. The molecular weight excluding hydrogens is 262 g/mol. The summed E-state index contributed by atoms with van der Waals surface area (Å²) in [4.78, 5) is 23.3. The molecule has 6 heteroatoms. The molecule has 1 saturated carbocycles. The summed E-state index contributed by atoms with van der Waals surface area (Å²) in [6.07, 6.45) is 2.82. The van der Waals surface area contributed by atoms with E-state index in [2.05, 4.69) is 6.92 Å². The van der Waals surface area contributed by atoms with Crippen molar-refractivity contribution in [3.8, 4) is 0 Å². The van der Waals surface area contributed by atoms with E-state index in [0.717, 1.165) is 19.3 Å². The molecule has 3 unspecified atom stereocenters. The molecule has 2 N–H and O–H groups in total. The SMILES string of the molecule is CC1CC[C@H]2CC(=O)OC3O[C@@]4(C)CCC1(N)[C@]32OO4. The summed E-state index contributed by atoms with van der Waals surface area (Å²) in [6.45, 7) is 3.95. The number of esters is 1. The molecule has 112 valence electrons. The van der Waals surface area contributed by atoms with Crippen molar-refractivity contribution in [2.24, 2.45) is 17.6 Å². The number of ether oxygens (including phenoxy) is 2. The first-order valence-corrected chi connectivity index (χ1v) is 7.43. The van der Waals surface area contributed by atoms with Gasteiger partial charge in [0, 0.05) is 12.3 Å². The Labute approximate surface area is 117 Å². The minimum atomic E-state index is -0.887. The quantitative estimate of drug-likeness (QED) is 0.532. The maximum absolute atomic E-state index is 11.9. The highest BCUT2D eigenvalue weighted by atomic mass is 17.3. The molecule has 1 spiro atoms. The van der Waals surface area contributed by atoms with Crippen LogP contribution < -0.4 is 5.73 Å². The molecule has 4 aliphatic heterocycles. The monoisotopic (exact) mass is 283 g/mol. The van der Waals surface area contributed by atoms with Crippen LogP contribution in [-0.2, 0) is 24.0 Å². The van der Waals surface area contributed by atoms with Gasteiger partial charge >= 0.3 is 5.97 Å². The lowest BCUT2D eigenvalue weighted by Crippen LogP contribution is -2.78. The Balaban J connectivity index is 1.88. The molecule has 20 heavy (non-hydrogen) atoms. The molecular formula is C14H21NO5. The van der Waals surface area contributed by atoms with Crippen LogP contribution in [0.4, 0.5) is 0 Å². The largest absolute Gasteiger partial charge is 0.432 e. The van der Waals surface area contributed by atoms with E-state index in [0.29, 0.717) is 12.8 Å². The third-order valence-corrected chi connectivity index (χ3v) is 5.87. The Kier molecular flexibility index (Phi) is 2.43. The van der Waals surface area contributed by atoms with Gasteiger partial charge in [-0.3, -0.25) is 4.79 Å². The Morgan fingerprint density at radius 1 is 1.25 bits per heavy atom. The highest BCUT2D eigenvalue weighted by molar-refractivity contribution is 5.71. The van der Waals surface area contributed by atoms with Gasteiger partial charge in [-0.05, 0) is 32.1 Å². The maximum Gasteiger partial charge on any atom is 0.308 e. The standard InChI is InChI=1S/C14H21NO5/c1-8-3-4-9-7-10(16)17-11-14(9)13(8,15)6-5-12(2,18-11)19-20-14/h8-9,11H,3-7,15H2,1-2H3/t8?,9-,11?,12+,13?,14+/m0/s1. The number of carbonyl (C=O) groups excluding carboxylic acids is 1. The van der Waals surface area contributed by atoms with Crippen LogP contribution in [0.15, 0.2) is 0 Å². The average molecular weight is 283 g/mol. The molecule has 4 heterocycles. The van der Waals surface area contributed by atoms with E-state index in [1.54, 1.807) is 0 Å². The molecule has 0 aromatic rings. The van der Waals surface area contributed by atoms with E-state index < -0.39 is 23.2 Å². The maximum atomic E-state index is 11.9. The Morgan fingerprint density at radius 3 is 2.85 bits per heavy atom. The topological polar surface area (TPSA) is 80.0 Å². The summed E-state index contributed by atoms with van der Waals surface area (Å²) in [5.41, 5.74) is 5.34. The number of fused-ring (bicyclic) bond motifs is 2. The lowest BCUT2D eigenvalue weighted by Gasteiger charge is -2.60. The minimum absolute atomic E-state index is 0.00222. The highest BCUT2D eigenvalue weighted by Gasteiger charge is 2.73. The highest BCUT2D eigenvalue weighted by Crippen LogP contribution is 2.59. The fraction of sp³-hybridized carbons (Fsp3) is 0.929. The predicted octanol–water partition coefficient (Wildman–Crippen LogP) is 1.23. The van der Waals surface area contributed by atoms with Gasteiger partial charge in [0.05, 0.1) is 12.0 Å². The first kappa shape index (κ1) is 13.0. The first-order chi connectivity index (χ1) is 9.40. The molecule has 6 atom stereocenters. The van der Waals surface area contributed by atoms with E-state index in [1.807, 2.05) is 6.92 Å². The number of carbonyl (C=O) groups is 1. The zero-order chi connectivity index (χ0) is 14.2. The summed E-state index contributed by atoms with van der Waals surface area (Å²) in [7, 11) is 0. The molecule has 6 nitrogen and oxygen atoms in total. The van der Waals surface area contributed by atoms with Crippen molar-refractivity contribution in [1.29, 1.82) is 0 Å². The van der Waals surface area contributed by atoms with Gasteiger partial charge in [0.15, 0.2) is 5.60 Å². The first-order valence-electron chi connectivity index (χ1n) is 7.43. The summed E-state index contributed by atoms with van der Waals surface area (Å²) in [5, 5.41) is 0. The van der Waals surface area contributed by atoms with E-state index in [4.69, 9.17) is 25.0 Å². The van der Waals surface area contributed by atoms with Crippen LogP contribution in [0.1, 0.15) is 46.0 Å². The predicted molar refractivity (Wildman–Crippen MR) is 66.9 cm³/mol. The molecule has 5 fully saturated rings. The molecule has 5 aliphatic rings. The van der Waals surface area contributed by atoms with Crippen LogP contribution in [0.3, 0.4) is 0 Å². The van der Waals surface area contributed by atoms with Crippen LogP contribution in [0.5, 0.6) is 0 Å². The summed E-state index contributed by atoms with van der Waals surface area (Å²) in [5.74, 6) is -0.854. The van der Waals surface area contributed by atoms with Crippen LogP contribution >= 0.6 is 0 Å². The molecule has 0 amide bonds. The Hall–Kier alpha value is -0.690. The summed E-state index contributed by atoms with van der Waals surface area (Å²) >= 11 is 0. The fourth-order valence-electron chi connectivity index (χ4n) is 4.49. The van der Waals surface area contributed by atoms with Crippen molar-refractivity contribution in [1.82, 2.24) is 0 Å². The van der Waals surface area contributed by atoms with Crippen LogP contribution in [-0.4, -0.2) is 29.2 Å². The van der Waals surface area contributed by atoms with Gasteiger partial charge < -0.3 is 15.2 Å². The number of nitrogens with two attached hydrogens (primary N) is 1. The minimum Gasteiger partial charge on any atom is -0.432 e. The zero-order valence-corrected chi connectivity index (χ0v) is 11.9. The van der Waals surface area contributed by atoms with Gasteiger partial charge in [-0.25, -0.2) is 9.78 Å². The smallest absolute Gasteiger partial charge is 0.308 e. The van der Waals surface area contributed by atoms with Crippen molar-refractivity contribution in [2.45, 2.75) is 69.2 Å². The van der Waals surface area contributed by atoms with Crippen LogP contribution in [0.25, 0.3) is 0 Å². The molecule has 4 saturated heterocycles. The van der Waals surface area contributed by atoms with Gasteiger partial charge in [-0.1, -0.05) is 6.92 Å². The van der Waals surface area contributed by atoms with Gasteiger partial charge in [0.2, 0.25) is 12.1 Å². The van der Waals surface area contributed by atoms with E-state index in [9.17, 15) is 4.79 Å². The van der Waals surface area contributed by atoms with Gasteiger partial charge in [-0.15, -0.1) is 0 Å². The molecule has 2 bridgehead atoms.